The standard InChI is InChI=1S/C18H27N3O3S/c1-6-11(4)7-15(23)20-18-19-13-8-12(9-14(22)16(13)25-18)17(24)21(5)10(2)3/h10-12H,6-9H2,1-5H3,(H,19,20,23). The van der Waals surface area contributed by atoms with Gasteiger partial charge < -0.3 is 10.2 Å². The fourth-order valence-corrected chi connectivity index (χ4v) is 3.69. The molecule has 2 atom stereocenters. The molecule has 138 valence electrons. The molecule has 1 aromatic heterocycles. The van der Waals surface area contributed by atoms with E-state index < -0.39 is 0 Å². The van der Waals surface area contributed by atoms with Crippen LogP contribution in [0.25, 0.3) is 0 Å². The lowest BCUT2D eigenvalue weighted by atomic mass is 9.89. The van der Waals surface area contributed by atoms with Crippen molar-refractivity contribution in [3.63, 3.8) is 0 Å². The van der Waals surface area contributed by atoms with Gasteiger partial charge in [-0.3, -0.25) is 14.4 Å². The van der Waals surface area contributed by atoms with Crippen molar-refractivity contribution in [3.05, 3.63) is 10.6 Å². The Balaban J connectivity index is 2.09. The highest BCUT2D eigenvalue weighted by Gasteiger charge is 2.34. The van der Waals surface area contributed by atoms with Crippen LogP contribution in [0.1, 0.15) is 62.3 Å². The molecule has 0 aromatic carbocycles. The van der Waals surface area contributed by atoms with Crippen LogP contribution in [-0.2, 0) is 16.0 Å². The van der Waals surface area contributed by atoms with Crippen LogP contribution in [0.5, 0.6) is 0 Å². The van der Waals surface area contributed by atoms with Gasteiger partial charge >= 0.3 is 0 Å². The lowest BCUT2D eigenvalue weighted by Crippen LogP contribution is -2.40. The predicted octanol–water partition coefficient (Wildman–Crippen LogP) is 3.13. The maximum Gasteiger partial charge on any atom is 0.226 e. The number of Topliss-reactive ketones (excluding diaryl/α,β-unsaturated/α-hetero) is 1. The van der Waals surface area contributed by atoms with Crippen molar-refractivity contribution in [2.24, 2.45) is 11.8 Å². The van der Waals surface area contributed by atoms with Crippen LogP contribution in [0.15, 0.2) is 0 Å². The molecular formula is C18H27N3O3S. The summed E-state index contributed by atoms with van der Waals surface area (Å²) in [6.45, 7) is 7.96. The Bertz CT molecular complexity index is 669. The fourth-order valence-electron chi connectivity index (χ4n) is 2.73. The van der Waals surface area contributed by atoms with E-state index in [0.717, 1.165) is 6.42 Å². The lowest BCUT2D eigenvalue weighted by molar-refractivity contribution is -0.135. The molecule has 0 aliphatic heterocycles. The third kappa shape index (κ3) is 4.66. The summed E-state index contributed by atoms with van der Waals surface area (Å²) < 4.78 is 0. The number of thiazole rings is 1. The predicted molar refractivity (Wildman–Crippen MR) is 98.9 cm³/mol. The minimum Gasteiger partial charge on any atom is -0.343 e. The van der Waals surface area contributed by atoms with Gasteiger partial charge in [0, 0.05) is 32.4 Å². The molecule has 2 rings (SSSR count). The maximum atomic E-state index is 12.5. The van der Waals surface area contributed by atoms with Gasteiger partial charge in [-0.1, -0.05) is 31.6 Å². The monoisotopic (exact) mass is 365 g/mol. The highest BCUT2D eigenvalue weighted by atomic mass is 32.1. The number of hydrogen-bond acceptors (Lipinski definition) is 5. The van der Waals surface area contributed by atoms with E-state index >= 15 is 0 Å². The van der Waals surface area contributed by atoms with Crippen molar-refractivity contribution in [2.45, 2.75) is 59.4 Å². The number of aromatic nitrogens is 1. The van der Waals surface area contributed by atoms with Crippen molar-refractivity contribution in [1.82, 2.24) is 9.88 Å². The summed E-state index contributed by atoms with van der Waals surface area (Å²) in [6.07, 6.45) is 2.04. The summed E-state index contributed by atoms with van der Waals surface area (Å²) >= 11 is 1.22. The number of hydrogen-bond donors (Lipinski definition) is 1. The summed E-state index contributed by atoms with van der Waals surface area (Å²) in [7, 11) is 1.76. The van der Waals surface area contributed by atoms with Gasteiger partial charge in [0.05, 0.1) is 16.5 Å². The second-order valence-electron chi connectivity index (χ2n) is 7.13. The second-order valence-corrected chi connectivity index (χ2v) is 8.13. The quantitative estimate of drug-likeness (QED) is 0.840. The number of carbonyl (C=O) groups is 3. The summed E-state index contributed by atoms with van der Waals surface area (Å²) in [6, 6.07) is 0.0924. The zero-order valence-corrected chi connectivity index (χ0v) is 16.4. The number of ketones is 1. The number of rotatable bonds is 6. The fraction of sp³-hybridized carbons (Fsp3) is 0.667. The van der Waals surface area contributed by atoms with Crippen LogP contribution in [0.3, 0.4) is 0 Å². The highest BCUT2D eigenvalue weighted by molar-refractivity contribution is 7.17. The Morgan fingerprint density at radius 1 is 1.32 bits per heavy atom. The Morgan fingerprint density at radius 2 is 2.00 bits per heavy atom. The number of amides is 2. The molecule has 1 N–H and O–H groups in total. The lowest BCUT2D eigenvalue weighted by Gasteiger charge is -2.28. The molecule has 25 heavy (non-hydrogen) atoms. The average Bonchev–Trinajstić information content (AvgIpc) is 2.95. The Labute approximate surface area is 153 Å². The van der Waals surface area contributed by atoms with Crippen molar-refractivity contribution in [2.75, 3.05) is 12.4 Å². The third-order valence-corrected chi connectivity index (χ3v) is 5.82. The number of carbonyl (C=O) groups excluding carboxylic acids is 3. The van der Waals surface area contributed by atoms with Crippen molar-refractivity contribution < 1.29 is 14.4 Å². The zero-order chi connectivity index (χ0) is 18.7. The summed E-state index contributed by atoms with van der Waals surface area (Å²) in [5.74, 6) is -0.218. The largest absolute Gasteiger partial charge is 0.343 e. The van der Waals surface area contributed by atoms with Crippen molar-refractivity contribution >= 4 is 34.1 Å². The minimum absolute atomic E-state index is 0.0237. The van der Waals surface area contributed by atoms with E-state index in [1.807, 2.05) is 27.7 Å². The second kappa shape index (κ2) is 8.08. The Morgan fingerprint density at radius 3 is 2.60 bits per heavy atom. The number of fused-ring (bicyclic) bond motifs is 1. The molecule has 0 fully saturated rings. The van der Waals surface area contributed by atoms with Gasteiger partial charge in [-0.15, -0.1) is 0 Å². The van der Waals surface area contributed by atoms with E-state index in [4.69, 9.17) is 0 Å². The van der Waals surface area contributed by atoms with Crippen LogP contribution in [0.4, 0.5) is 5.13 Å². The third-order valence-electron chi connectivity index (χ3n) is 4.77. The minimum atomic E-state index is -0.363. The molecule has 1 aliphatic carbocycles. The van der Waals surface area contributed by atoms with Crippen LogP contribution in [-0.4, -0.2) is 40.6 Å². The molecule has 2 unspecified atom stereocenters. The summed E-state index contributed by atoms with van der Waals surface area (Å²) in [5, 5.41) is 3.25. The molecule has 2 amide bonds. The Kier molecular flexibility index (Phi) is 6.32. The molecule has 1 heterocycles. The first kappa shape index (κ1) is 19.6. The molecule has 7 heteroatoms. The smallest absolute Gasteiger partial charge is 0.226 e. The molecule has 0 bridgehead atoms. The molecule has 0 spiro atoms. The first-order chi connectivity index (χ1) is 11.7. The summed E-state index contributed by atoms with van der Waals surface area (Å²) in [4.78, 5) is 43.6. The molecule has 0 radical (unpaired) electrons. The van der Waals surface area contributed by atoms with Gasteiger partial charge in [0.2, 0.25) is 11.8 Å². The number of anilines is 1. The molecular weight excluding hydrogens is 338 g/mol. The molecule has 1 aromatic rings. The van der Waals surface area contributed by atoms with E-state index in [0.29, 0.717) is 34.5 Å². The van der Waals surface area contributed by atoms with Gasteiger partial charge in [-0.05, 0) is 19.8 Å². The van der Waals surface area contributed by atoms with Crippen LogP contribution in [0.2, 0.25) is 0 Å². The van der Waals surface area contributed by atoms with E-state index in [2.05, 4.69) is 10.3 Å². The number of nitrogens with zero attached hydrogens (tertiary/aromatic N) is 2. The maximum absolute atomic E-state index is 12.5. The van der Waals surface area contributed by atoms with Crippen LogP contribution in [0, 0.1) is 11.8 Å². The van der Waals surface area contributed by atoms with Gasteiger partial charge in [-0.25, -0.2) is 4.98 Å². The van der Waals surface area contributed by atoms with Gasteiger partial charge in [0.1, 0.15) is 0 Å². The first-order valence-electron chi connectivity index (χ1n) is 8.82. The molecule has 0 saturated carbocycles. The van der Waals surface area contributed by atoms with E-state index in [-0.39, 0.29) is 36.0 Å². The van der Waals surface area contributed by atoms with Gasteiger partial charge in [0.25, 0.3) is 0 Å². The van der Waals surface area contributed by atoms with Crippen molar-refractivity contribution in [3.8, 4) is 0 Å². The zero-order valence-electron chi connectivity index (χ0n) is 15.6. The summed E-state index contributed by atoms with van der Waals surface area (Å²) in [5.41, 5.74) is 0.635. The van der Waals surface area contributed by atoms with Gasteiger partial charge in [0.15, 0.2) is 10.9 Å². The SMILES string of the molecule is CCC(C)CC(=O)Nc1nc2c(s1)C(=O)CC(C(=O)N(C)C(C)C)C2. The van der Waals surface area contributed by atoms with Gasteiger partial charge in [-0.2, -0.15) is 0 Å². The number of nitrogens with one attached hydrogen (secondary N) is 1. The van der Waals surface area contributed by atoms with E-state index in [9.17, 15) is 14.4 Å². The topological polar surface area (TPSA) is 79.4 Å². The highest BCUT2D eigenvalue weighted by Crippen LogP contribution is 2.33. The normalized spacial score (nSPS) is 18.0. The van der Waals surface area contributed by atoms with Crippen LogP contribution < -0.4 is 5.32 Å². The molecule has 6 nitrogen and oxygen atoms in total. The average molecular weight is 365 g/mol. The van der Waals surface area contributed by atoms with E-state index in [1.54, 1.807) is 11.9 Å². The molecule has 1 aliphatic rings. The van der Waals surface area contributed by atoms with E-state index in [1.165, 1.54) is 11.3 Å². The first-order valence-corrected chi connectivity index (χ1v) is 9.63. The van der Waals surface area contributed by atoms with Crippen LogP contribution >= 0.6 is 11.3 Å². The molecule has 0 saturated heterocycles. The van der Waals surface area contributed by atoms with Crippen molar-refractivity contribution in [1.29, 1.82) is 0 Å². The Hall–Kier alpha value is -1.76.